The van der Waals surface area contributed by atoms with E-state index in [4.69, 9.17) is 19.9 Å². The predicted octanol–water partition coefficient (Wildman–Crippen LogP) is 4.77. The van der Waals surface area contributed by atoms with E-state index in [0.29, 0.717) is 17.9 Å². The molecule has 0 aromatic heterocycles. The summed E-state index contributed by atoms with van der Waals surface area (Å²) < 4.78 is 19.0. The van der Waals surface area contributed by atoms with Crippen molar-refractivity contribution in [3.8, 4) is 0 Å². The molecule has 0 saturated heterocycles. The number of urea groups is 1. The zero-order valence-electron chi connectivity index (χ0n) is 27.8. The summed E-state index contributed by atoms with van der Waals surface area (Å²) in [4.78, 5) is 12.4. The molecule has 6 rings (SSSR count). The molecule has 9 nitrogen and oxygen atoms in total. The lowest BCUT2D eigenvalue weighted by Crippen LogP contribution is -2.72. The average molecular weight is 614 g/mol. The van der Waals surface area contributed by atoms with Crippen LogP contribution in [0.4, 0.5) is 10.5 Å². The third-order valence-corrected chi connectivity index (χ3v) is 12.2. The summed E-state index contributed by atoms with van der Waals surface area (Å²) in [6.45, 7) is 10.6. The molecule has 6 N–H and O–H groups in total. The van der Waals surface area contributed by atoms with Gasteiger partial charge in [0, 0.05) is 44.7 Å². The molecule has 13 atom stereocenters. The van der Waals surface area contributed by atoms with E-state index in [9.17, 15) is 15.0 Å². The number of methoxy groups -OCH3 is 2. The number of ether oxygens (including phenoxy) is 3. The normalized spacial score (nSPS) is 44.1. The van der Waals surface area contributed by atoms with Crippen LogP contribution in [0.1, 0.15) is 72.3 Å². The maximum absolute atomic E-state index is 13.3. The third kappa shape index (κ3) is 5.16. The van der Waals surface area contributed by atoms with E-state index in [1.54, 1.807) is 21.3 Å². The van der Waals surface area contributed by atoms with Crippen molar-refractivity contribution in [2.24, 2.45) is 47.2 Å². The van der Waals surface area contributed by atoms with E-state index in [1.165, 1.54) is 0 Å². The van der Waals surface area contributed by atoms with Gasteiger partial charge in [0.1, 0.15) is 23.1 Å². The van der Waals surface area contributed by atoms with Crippen LogP contribution in [-0.4, -0.2) is 72.6 Å². The zero-order valence-corrected chi connectivity index (χ0v) is 27.8. The maximum atomic E-state index is 13.3. The summed E-state index contributed by atoms with van der Waals surface area (Å²) in [5.74, 6) is 0.0751. The van der Waals surface area contributed by atoms with E-state index < -0.39 is 28.8 Å². The summed E-state index contributed by atoms with van der Waals surface area (Å²) >= 11 is 0. The van der Waals surface area contributed by atoms with Crippen molar-refractivity contribution in [3.05, 3.63) is 35.9 Å². The first-order chi connectivity index (χ1) is 20.7. The Balaban J connectivity index is 1.75. The fourth-order valence-electron chi connectivity index (χ4n) is 9.81. The van der Waals surface area contributed by atoms with Crippen LogP contribution < -0.4 is 16.4 Å². The molecule has 0 radical (unpaired) electrons. The van der Waals surface area contributed by atoms with Gasteiger partial charge in [-0.1, -0.05) is 32.9 Å². The second kappa shape index (κ2) is 12.2. The van der Waals surface area contributed by atoms with E-state index in [1.807, 2.05) is 31.2 Å². The highest BCUT2D eigenvalue weighted by Crippen LogP contribution is 2.63. The quantitative estimate of drug-likeness (QED) is 0.312. The molecule has 1 aromatic carbocycles. The van der Waals surface area contributed by atoms with Gasteiger partial charge in [-0.3, -0.25) is 0 Å². The van der Waals surface area contributed by atoms with Gasteiger partial charge < -0.3 is 40.8 Å². The summed E-state index contributed by atoms with van der Waals surface area (Å²) in [6, 6.07) is 7.39. The van der Waals surface area contributed by atoms with Crippen molar-refractivity contribution in [3.63, 3.8) is 0 Å². The molecule has 3 saturated carbocycles. The minimum absolute atomic E-state index is 0.00314. The number of nitrogens with one attached hydrogen (secondary N) is 2. The van der Waals surface area contributed by atoms with E-state index in [-0.39, 0.29) is 60.2 Å². The molecule has 44 heavy (non-hydrogen) atoms. The van der Waals surface area contributed by atoms with Crippen LogP contribution in [0.15, 0.2) is 30.3 Å². The first kappa shape index (κ1) is 33.2. The number of aliphatic hydroxyl groups is 2. The summed E-state index contributed by atoms with van der Waals surface area (Å²) in [6.07, 6.45) is 4.39. The van der Waals surface area contributed by atoms with Gasteiger partial charge in [-0.05, 0) is 93.2 Å². The molecule has 5 aliphatic rings. The van der Waals surface area contributed by atoms with Gasteiger partial charge in [-0.2, -0.15) is 0 Å². The van der Waals surface area contributed by atoms with Gasteiger partial charge in [0.2, 0.25) is 0 Å². The lowest BCUT2D eigenvalue weighted by Gasteiger charge is -2.56. The van der Waals surface area contributed by atoms with Crippen LogP contribution in [0.5, 0.6) is 0 Å². The van der Waals surface area contributed by atoms with Gasteiger partial charge in [0.25, 0.3) is 0 Å². The fourth-order valence-corrected chi connectivity index (χ4v) is 9.81. The van der Waals surface area contributed by atoms with Gasteiger partial charge in [0.15, 0.2) is 0 Å². The summed E-state index contributed by atoms with van der Waals surface area (Å²) in [5, 5.41) is 32.0. The topological polar surface area (TPSA) is 135 Å². The number of hydrogen-bond acceptors (Lipinski definition) is 7. The van der Waals surface area contributed by atoms with Crippen LogP contribution in [0.2, 0.25) is 0 Å². The average Bonchev–Trinajstić information content (AvgIpc) is 3.26. The predicted molar refractivity (Wildman–Crippen MR) is 172 cm³/mol. The number of para-hydroxylation sites is 1. The molecular weight excluding hydrogens is 558 g/mol. The Hall–Kier alpha value is -2.17. The van der Waals surface area contributed by atoms with Crippen LogP contribution in [-0.2, 0) is 14.2 Å². The first-order valence-electron chi connectivity index (χ1n) is 16.5. The van der Waals surface area contributed by atoms with Gasteiger partial charge >= 0.3 is 6.03 Å². The van der Waals surface area contributed by atoms with Crippen LogP contribution in [0.3, 0.4) is 0 Å². The number of rotatable bonds is 6. The number of carbonyl (C=O) groups is 1. The Morgan fingerprint density at radius 2 is 1.84 bits per heavy atom. The standard InChI is InChI=1S/C35H55N3O6/c1-19-13-14-23-16-28(24-11-9-10-12-27(24)38-32(39)37-6)44-30(19)25-17-29(33(23,5)36)34(40,18-21(3)42-7)35(41)26(22(25)4)15-20(2)31(35)43-8/h9-12,16,19-23,25-26,29-31,40-41H,13-15,17-18,36H2,1-8H3,(H2,37,38,39)/t19-,20-,21+,22?,23+,25?,26?,29?,30+,31-,33-,34-,35-/m0/s1. The second-order valence-corrected chi connectivity index (χ2v) is 14.7. The van der Waals surface area contributed by atoms with Crippen molar-refractivity contribution >= 4 is 17.5 Å². The van der Waals surface area contributed by atoms with Crippen LogP contribution in [0.25, 0.3) is 5.76 Å². The lowest BCUT2D eigenvalue weighted by molar-refractivity contribution is -0.257. The van der Waals surface area contributed by atoms with Crippen molar-refractivity contribution in [2.45, 2.75) is 102 Å². The number of carbonyl (C=O) groups excluding carboxylic acids is 1. The highest BCUT2D eigenvalue weighted by atomic mass is 16.5. The van der Waals surface area contributed by atoms with Gasteiger partial charge in [0.05, 0.1) is 17.9 Å². The minimum Gasteiger partial charge on any atom is -0.489 e. The van der Waals surface area contributed by atoms with Gasteiger partial charge in [-0.25, -0.2) is 4.79 Å². The molecule has 0 spiro atoms. The Morgan fingerprint density at radius 1 is 1.14 bits per heavy atom. The monoisotopic (exact) mass is 613 g/mol. The molecule has 246 valence electrons. The molecule has 1 aromatic rings. The van der Waals surface area contributed by atoms with Crippen LogP contribution >= 0.6 is 0 Å². The number of fused-ring (bicyclic) bond motifs is 4. The number of nitrogens with two attached hydrogens (primary N) is 1. The summed E-state index contributed by atoms with van der Waals surface area (Å²) in [7, 11) is 4.89. The number of anilines is 1. The number of benzene rings is 1. The fraction of sp³-hybridized carbons (Fsp3) is 0.743. The SMILES string of the molecule is CNC(=O)Nc1ccccc1C1=C[C@H]2CC[C@H](C)[C@@H](O1)C1CC([C@@]2(C)N)[C@@](O)(C[C@@H](C)OC)[C@]2(O)C(C[C@H](C)[C@@H]2OC)C1C. The Labute approximate surface area is 263 Å². The molecule has 9 heteroatoms. The highest BCUT2D eigenvalue weighted by molar-refractivity contribution is 5.92. The van der Waals surface area contributed by atoms with Crippen molar-refractivity contribution in [1.29, 1.82) is 0 Å². The largest absolute Gasteiger partial charge is 0.489 e. The Kier molecular flexibility index (Phi) is 9.21. The minimum atomic E-state index is -1.58. The molecule has 3 aliphatic carbocycles. The molecule has 2 amide bonds. The Morgan fingerprint density at radius 3 is 2.50 bits per heavy atom. The molecule has 2 heterocycles. The smallest absolute Gasteiger partial charge is 0.318 e. The number of hydrogen-bond donors (Lipinski definition) is 5. The van der Waals surface area contributed by atoms with Crippen molar-refractivity contribution in [1.82, 2.24) is 5.32 Å². The zero-order chi connectivity index (χ0) is 32.2. The van der Waals surface area contributed by atoms with E-state index >= 15 is 0 Å². The van der Waals surface area contributed by atoms with E-state index in [2.05, 4.69) is 44.4 Å². The molecule has 4 unspecified atom stereocenters. The summed E-state index contributed by atoms with van der Waals surface area (Å²) in [5.41, 5.74) is 5.00. The highest BCUT2D eigenvalue weighted by Gasteiger charge is 2.72. The second-order valence-electron chi connectivity index (χ2n) is 14.7. The van der Waals surface area contributed by atoms with Crippen molar-refractivity contribution in [2.75, 3.05) is 26.6 Å². The Bertz CT molecular complexity index is 1240. The lowest BCUT2D eigenvalue weighted by atomic mass is 9.57. The molecule has 2 aliphatic heterocycles. The third-order valence-electron chi connectivity index (χ3n) is 12.2. The molecular formula is C35H55N3O6. The first-order valence-corrected chi connectivity index (χ1v) is 16.5. The van der Waals surface area contributed by atoms with E-state index in [0.717, 1.165) is 24.8 Å². The van der Waals surface area contributed by atoms with Crippen molar-refractivity contribution < 1.29 is 29.2 Å². The molecule has 4 bridgehead atoms. The van der Waals surface area contributed by atoms with Crippen LogP contribution in [0, 0.1) is 41.4 Å². The maximum Gasteiger partial charge on any atom is 0.318 e. The van der Waals surface area contributed by atoms with Gasteiger partial charge in [-0.15, -0.1) is 0 Å². The number of amides is 2. The molecule has 3 fully saturated rings.